The van der Waals surface area contributed by atoms with Crippen LogP contribution in [0.5, 0.6) is 0 Å². The number of nitrogens with one attached hydrogen (secondary N) is 1. The highest BCUT2D eigenvalue weighted by molar-refractivity contribution is 6.76. The van der Waals surface area contributed by atoms with Gasteiger partial charge in [0.05, 0.1) is 29.2 Å². The molecule has 4 rings (SSSR count). The summed E-state index contributed by atoms with van der Waals surface area (Å²) in [5, 5.41) is 18.0. The van der Waals surface area contributed by atoms with Crippen molar-refractivity contribution >= 4 is 30.7 Å². The molecule has 10 heteroatoms. The molecule has 4 aromatic rings. The summed E-state index contributed by atoms with van der Waals surface area (Å²) < 4.78 is 9.71. The fraction of sp³-hybridized carbons (Fsp3) is 0.346. The Balaban J connectivity index is 1.58. The molecule has 1 atom stereocenters. The van der Waals surface area contributed by atoms with Crippen molar-refractivity contribution in [2.45, 2.75) is 52.3 Å². The second-order valence-corrected chi connectivity index (χ2v) is 15.7. The van der Waals surface area contributed by atoms with Gasteiger partial charge in [-0.25, -0.2) is 9.97 Å². The minimum Gasteiger partial charge on any atom is -0.361 e. The molecular formula is C26H31N7O2Si. The number of rotatable bonds is 9. The van der Waals surface area contributed by atoms with Gasteiger partial charge in [0.15, 0.2) is 0 Å². The molecule has 0 spiro atoms. The molecule has 0 radical (unpaired) electrons. The summed E-state index contributed by atoms with van der Waals surface area (Å²) in [5.74, 6) is -0.223. The van der Waals surface area contributed by atoms with E-state index in [0.29, 0.717) is 18.0 Å². The van der Waals surface area contributed by atoms with Crippen molar-refractivity contribution in [1.82, 2.24) is 24.3 Å². The van der Waals surface area contributed by atoms with Crippen LogP contribution in [0.4, 0.5) is 5.69 Å². The topological polar surface area (TPSA) is 111 Å². The Morgan fingerprint density at radius 1 is 1.25 bits per heavy atom. The first-order valence-electron chi connectivity index (χ1n) is 11.9. The van der Waals surface area contributed by atoms with Gasteiger partial charge in [-0.3, -0.25) is 9.48 Å². The van der Waals surface area contributed by atoms with Gasteiger partial charge in [-0.1, -0.05) is 31.8 Å². The molecule has 1 amide bonds. The second kappa shape index (κ2) is 10.4. The van der Waals surface area contributed by atoms with Gasteiger partial charge in [-0.05, 0) is 30.7 Å². The minimum atomic E-state index is -1.14. The van der Waals surface area contributed by atoms with Crippen LogP contribution in [0.15, 0.2) is 49.2 Å². The Labute approximate surface area is 211 Å². The van der Waals surface area contributed by atoms with Crippen molar-refractivity contribution in [3.63, 3.8) is 0 Å². The molecule has 0 aliphatic carbocycles. The smallest absolute Gasteiger partial charge is 0.221 e. The summed E-state index contributed by atoms with van der Waals surface area (Å²) in [4.78, 5) is 20.6. The molecule has 1 aromatic carbocycles. The number of amides is 1. The maximum atomic E-state index is 11.6. The average Bonchev–Trinajstić information content (AvgIpc) is 3.48. The van der Waals surface area contributed by atoms with E-state index in [2.05, 4.69) is 46.1 Å². The third kappa shape index (κ3) is 5.53. The van der Waals surface area contributed by atoms with E-state index in [4.69, 9.17) is 4.74 Å². The van der Waals surface area contributed by atoms with E-state index >= 15 is 0 Å². The maximum Gasteiger partial charge on any atom is 0.221 e. The van der Waals surface area contributed by atoms with Gasteiger partial charge < -0.3 is 14.6 Å². The molecular weight excluding hydrogens is 470 g/mol. The number of hydrogen-bond donors (Lipinski definition) is 1. The lowest BCUT2D eigenvalue weighted by atomic mass is 10.0. The number of hydrogen-bond acceptors (Lipinski definition) is 6. The normalized spacial score (nSPS) is 12.4. The molecule has 0 aliphatic heterocycles. The lowest BCUT2D eigenvalue weighted by Crippen LogP contribution is -2.22. The van der Waals surface area contributed by atoms with E-state index < -0.39 is 8.07 Å². The predicted octanol–water partition coefficient (Wildman–Crippen LogP) is 5.05. The monoisotopic (exact) mass is 501 g/mol. The molecule has 3 heterocycles. The number of nitriles is 1. The Kier molecular flexibility index (Phi) is 7.33. The number of ether oxygens (including phenoxy) is 1. The summed E-state index contributed by atoms with van der Waals surface area (Å²) in [6.45, 7) is 11.6. The largest absolute Gasteiger partial charge is 0.361 e. The molecule has 186 valence electrons. The summed E-state index contributed by atoms with van der Waals surface area (Å²) in [7, 11) is -1.14. The molecule has 0 saturated heterocycles. The van der Waals surface area contributed by atoms with Crippen LogP contribution in [-0.2, 0) is 16.3 Å². The van der Waals surface area contributed by atoms with E-state index in [1.807, 2.05) is 42.1 Å². The van der Waals surface area contributed by atoms with E-state index in [-0.39, 0.29) is 11.9 Å². The Bertz CT molecular complexity index is 1430. The van der Waals surface area contributed by atoms with Gasteiger partial charge in [-0.15, -0.1) is 0 Å². The molecule has 0 bridgehead atoms. The lowest BCUT2D eigenvalue weighted by Gasteiger charge is -2.16. The van der Waals surface area contributed by atoms with Gasteiger partial charge in [0.25, 0.3) is 0 Å². The second-order valence-electron chi connectivity index (χ2n) is 10.0. The van der Waals surface area contributed by atoms with Gasteiger partial charge in [0.2, 0.25) is 5.91 Å². The van der Waals surface area contributed by atoms with Crippen molar-refractivity contribution in [3.8, 4) is 17.3 Å². The molecule has 0 saturated carbocycles. The van der Waals surface area contributed by atoms with E-state index in [1.165, 1.54) is 6.92 Å². The third-order valence-corrected chi connectivity index (χ3v) is 7.73. The Hall–Kier alpha value is -3.81. The number of carbonyl (C=O) groups excluding carboxylic acids is 1. The first kappa shape index (κ1) is 25.3. The zero-order valence-corrected chi connectivity index (χ0v) is 22.3. The predicted molar refractivity (Wildman–Crippen MR) is 142 cm³/mol. The van der Waals surface area contributed by atoms with Gasteiger partial charge in [-0.2, -0.15) is 10.4 Å². The third-order valence-electron chi connectivity index (χ3n) is 6.02. The maximum absolute atomic E-state index is 11.6. The summed E-state index contributed by atoms with van der Waals surface area (Å²) >= 11 is 0. The first-order chi connectivity index (χ1) is 17.2. The Morgan fingerprint density at radius 3 is 2.78 bits per heavy atom. The molecule has 0 aliphatic rings. The van der Waals surface area contributed by atoms with Crippen molar-refractivity contribution in [2.75, 3.05) is 11.9 Å². The van der Waals surface area contributed by atoms with Crippen LogP contribution in [-0.4, -0.2) is 44.9 Å². The molecule has 0 fully saturated rings. The van der Waals surface area contributed by atoms with Crippen LogP contribution in [0.1, 0.15) is 31.0 Å². The standard InChI is InChI=1S/C26H31N7O2Si/c1-18(21-7-6-8-24(23(21)13-27)31-19(2)34)33-15-20(14-30-33)25-22-9-10-32(26(22)29-16-28-25)17-35-11-12-36(3,4)5/h6-10,14-16,18H,11-12,17H2,1-5H3,(H,31,34). The minimum absolute atomic E-state index is 0.223. The highest BCUT2D eigenvalue weighted by atomic mass is 28.3. The summed E-state index contributed by atoms with van der Waals surface area (Å²) in [5.41, 5.74) is 4.13. The number of fused-ring (bicyclic) bond motifs is 1. The van der Waals surface area contributed by atoms with Crippen LogP contribution in [0, 0.1) is 11.3 Å². The fourth-order valence-corrected chi connectivity index (χ4v) is 4.79. The van der Waals surface area contributed by atoms with Crippen molar-refractivity contribution < 1.29 is 9.53 Å². The first-order valence-corrected chi connectivity index (χ1v) is 15.6. The zero-order valence-electron chi connectivity index (χ0n) is 21.3. The molecule has 1 unspecified atom stereocenters. The highest BCUT2D eigenvalue weighted by Gasteiger charge is 2.19. The summed E-state index contributed by atoms with van der Waals surface area (Å²) in [6, 6.07) is 10.5. The highest BCUT2D eigenvalue weighted by Crippen LogP contribution is 2.30. The van der Waals surface area contributed by atoms with Crippen LogP contribution >= 0.6 is 0 Å². The SMILES string of the molecule is CC(=O)Nc1cccc(C(C)n2cc(-c3ncnc4c3ccn4COCC[Si](C)(C)C)cn2)c1C#N. The summed E-state index contributed by atoms with van der Waals surface area (Å²) in [6.07, 6.45) is 7.21. The van der Waals surface area contributed by atoms with Crippen molar-refractivity contribution in [3.05, 3.63) is 60.3 Å². The number of nitrogens with zero attached hydrogens (tertiary/aromatic N) is 6. The number of carbonyl (C=O) groups is 1. The van der Waals surface area contributed by atoms with Crippen LogP contribution in [0.3, 0.4) is 0 Å². The quantitative estimate of drug-likeness (QED) is 0.254. The number of anilines is 1. The van der Waals surface area contributed by atoms with Gasteiger partial charge >= 0.3 is 0 Å². The van der Waals surface area contributed by atoms with E-state index in [0.717, 1.165) is 40.5 Å². The van der Waals surface area contributed by atoms with Crippen LogP contribution in [0.25, 0.3) is 22.3 Å². The number of aromatic nitrogens is 5. The average molecular weight is 502 g/mol. The van der Waals surface area contributed by atoms with E-state index in [1.54, 1.807) is 23.3 Å². The molecule has 9 nitrogen and oxygen atoms in total. The zero-order chi connectivity index (χ0) is 25.9. The molecule has 1 N–H and O–H groups in total. The van der Waals surface area contributed by atoms with Crippen LogP contribution in [0.2, 0.25) is 25.7 Å². The Morgan fingerprint density at radius 2 is 2.06 bits per heavy atom. The fourth-order valence-electron chi connectivity index (χ4n) is 4.03. The molecule has 3 aromatic heterocycles. The van der Waals surface area contributed by atoms with E-state index in [9.17, 15) is 10.1 Å². The van der Waals surface area contributed by atoms with Crippen molar-refractivity contribution in [1.29, 1.82) is 5.26 Å². The molecule has 36 heavy (non-hydrogen) atoms. The van der Waals surface area contributed by atoms with Gasteiger partial charge in [0.1, 0.15) is 24.8 Å². The van der Waals surface area contributed by atoms with Crippen LogP contribution < -0.4 is 5.32 Å². The van der Waals surface area contributed by atoms with Crippen molar-refractivity contribution in [2.24, 2.45) is 0 Å². The number of benzene rings is 1. The lowest BCUT2D eigenvalue weighted by molar-refractivity contribution is -0.114. The van der Waals surface area contributed by atoms with Gasteiger partial charge in [0, 0.05) is 44.9 Å².